The van der Waals surface area contributed by atoms with E-state index in [9.17, 15) is 4.79 Å². The molecule has 0 atom stereocenters. The molecule has 0 unspecified atom stereocenters. The van der Waals surface area contributed by atoms with E-state index in [1.807, 2.05) is 79.0 Å². The van der Waals surface area contributed by atoms with Crippen molar-refractivity contribution < 1.29 is 9.53 Å². The molecule has 176 valence electrons. The summed E-state index contributed by atoms with van der Waals surface area (Å²) >= 11 is 7.46. The molecule has 0 saturated heterocycles. The minimum Gasteiger partial charge on any atom is -0.497 e. The minimum atomic E-state index is -0.277. The van der Waals surface area contributed by atoms with Crippen molar-refractivity contribution in [1.29, 1.82) is 0 Å². The summed E-state index contributed by atoms with van der Waals surface area (Å²) in [6, 6.07) is 22.9. The maximum atomic E-state index is 12.7. The van der Waals surface area contributed by atoms with Crippen molar-refractivity contribution in [2.24, 2.45) is 0 Å². The van der Waals surface area contributed by atoms with Crippen LogP contribution in [0.3, 0.4) is 0 Å². The highest BCUT2D eigenvalue weighted by molar-refractivity contribution is 7.22. The van der Waals surface area contributed by atoms with Gasteiger partial charge in [-0.2, -0.15) is 5.10 Å². The highest BCUT2D eigenvalue weighted by Gasteiger charge is 2.12. The maximum Gasteiger partial charge on any atom is 0.250 e. The van der Waals surface area contributed by atoms with Crippen LogP contribution in [0.1, 0.15) is 5.56 Å². The van der Waals surface area contributed by atoms with Crippen molar-refractivity contribution in [3.8, 4) is 22.7 Å². The Hall–Kier alpha value is -3.65. The predicted octanol–water partition coefficient (Wildman–Crippen LogP) is 6.88. The monoisotopic (exact) mass is 522 g/mol. The molecule has 5 aromatic rings. The van der Waals surface area contributed by atoms with Crippen molar-refractivity contribution in [2.45, 2.75) is 0 Å². The minimum absolute atomic E-state index is 0. The largest absolute Gasteiger partial charge is 0.497 e. The third-order valence-corrected chi connectivity index (χ3v) is 6.31. The van der Waals surface area contributed by atoms with Crippen LogP contribution >= 0.6 is 35.3 Å². The van der Waals surface area contributed by atoms with Gasteiger partial charge in [0.25, 0.3) is 0 Å². The van der Waals surface area contributed by atoms with E-state index in [-0.39, 0.29) is 18.3 Å². The fourth-order valence-corrected chi connectivity index (χ4v) is 4.48. The fraction of sp³-hybridized carbons (Fsp3) is 0.0385. The number of carbonyl (C=O) groups excluding carboxylic acids is 1. The first-order chi connectivity index (χ1) is 16.6. The van der Waals surface area contributed by atoms with E-state index in [1.54, 1.807) is 17.9 Å². The molecule has 0 radical (unpaired) electrons. The van der Waals surface area contributed by atoms with Gasteiger partial charge in [-0.3, -0.25) is 10.1 Å². The van der Waals surface area contributed by atoms with E-state index in [1.165, 1.54) is 17.4 Å². The number of rotatable bonds is 6. The van der Waals surface area contributed by atoms with Gasteiger partial charge in [0.15, 0.2) is 5.13 Å². The first kappa shape index (κ1) is 24.5. The molecule has 0 aliphatic rings. The lowest BCUT2D eigenvalue weighted by Crippen LogP contribution is -2.07. The summed E-state index contributed by atoms with van der Waals surface area (Å²) in [6.45, 7) is 0. The van der Waals surface area contributed by atoms with Crippen LogP contribution in [0.2, 0.25) is 5.02 Å². The Bertz CT molecular complexity index is 1500. The normalized spacial score (nSPS) is 10.9. The van der Waals surface area contributed by atoms with Crippen LogP contribution in [0.15, 0.2) is 85.1 Å². The molecular weight excluding hydrogens is 503 g/mol. The SMILES string of the molecule is COc1ccc2nc(NC(=O)C=Cc3cn(-c4ccccc4)nc3-c3ccc(Cl)cc3)sc2c1.Cl. The number of ether oxygens (including phenoxy) is 1. The molecule has 5 rings (SSSR count). The number of hydrogen-bond acceptors (Lipinski definition) is 5. The second-order valence-electron chi connectivity index (χ2n) is 7.40. The number of aromatic nitrogens is 3. The number of halogens is 2. The zero-order chi connectivity index (χ0) is 23.5. The van der Waals surface area contributed by atoms with Crippen molar-refractivity contribution in [2.75, 3.05) is 12.4 Å². The van der Waals surface area contributed by atoms with E-state index in [4.69, 9.17) is 21.4 Å². The summed E-state index contributed by atoms with van der Waals surface area (Å²) in [7, 11) is 1.62. The van der Waals surface area contributed by atoms with Gasteiger partial charge in [0, 0.05) is 28.4 Å². The first-order valence-corrected chi connectivity index (χ1v) is 11.6. The van der Waals surface area contributed by atoms with Crippen LogP contribution in [0.5, 0.6) is 5.75 Å². The lowest BCUT2D eigenvalue weighted by Gasteiger charge is -2.01. The molecule has 1 N–H and O–H groups in total. The number of carbonyl (C=O) groups is 1. The molecule has 9 heteroatoms. The van der Waals surface area contributed by atoms with Crippen molar-refractivity contribution in [3.05, 3.63) is 95.7 Å². The van der Waals surface area contributed by atoms with Crippen molar-refractivity contribution >= 4 is 62.7 Å². The molecule has 0 spiro atoms. The molecule has 0 aliphatic carbocycles. The number of hydrogen-bond donors (Lipinski definition) is 1. The maximum absolute atomic E-state index is 12.7. The van der Waals surface area contributed by atoms with Gasteiger partial charge < -0.3 is 4.74 Å². The van der Waals surface area contributed by atoms with Crippen LogP contribution in [0.25, 0.3) is 33.2 Å². The lowest BCUT2D eigenvalue weighted by atomic mass is 10.1. The number of amides is 1. The Morgan fingerprint density at radius 3 is 2.60 bits per heavy atom. The number of benzene rings is 3. The highest BCUT2D eigenvalue weighted by atomic mass is 35.5. The Balaban J connectivity index is 0.00000289. The molecule has 0 bridgehead atoms. The Labute approximate surface area is 217 Å². The average molecular weight is 523 g/mol. The quantitative estimate of drug-likeness (QED) is 0.246. The Kier molecular flexibility index (Phi) is 7.51. The summed E-state index contributed by atoms with van der Waals surface area (Å²) in [5.74, 6) is 0.472. The zero-order valence-electron chi connectivity index (χ0n) is 18.5. The van der Waals surface area contributed by atoms with Crippen molar-refractivity contribution in [3.63, 3.8) is 0 Å². The van der Waals surface area contributed by atoms with E-state index >= 15 is 0 Å². The van der Waals surface area contributed by atoms with E-state index in [0.29, 0.717) is 10.2 Å². The van der Waals surface area contributed by atoms with Crippen LogP contribution in [0.4, 0.5) is 5.13 Å². The van der Waals surface area contributed by atoms with Gasteiger partial charge in [-0.15, -0.1) is 12.4 Å². The molecular formula is C26H20Cl2N4O2S. The van der Waals surface area contributed by atoms with E-state index in [2.05, 4.69) is 10.3 Å². The number of nitrogens with zero attached hydrogens (tertiary/aromatic N) is 3. The number of nitrogens with one attached hydrogen (secondary N) is 1. The number of para-hydroxylation sites is 1. The number of fused-ring (bicyclic) bond motifs is 1. The average Bonchev–Trinajstić information content (AvgIpc) is 3.47. The van der Waals surface area contributed by atoms with Gasteiger partial charge in [0.2, 0.25) is 5.91 Å². The van der Waals surface area contributed by atoms with Gasteiger partial charge in [0.05, 0.1) is 28.7 Å². The first-order valence-electron chi connectivity index (χ1n) is 10.4. The molecule has 2 aromatic heterocycles. The molecule has 0 saturated carbocycles. The van der Waals surface area contributed by atoms with Gasteiger partial charge in [0.1, 0.15) is 5.75 Å². The van der Waals surface area contributed by atoms with Crippen molar-refractivity contribution in [1.82, 2.24) is 14.8 Å². The lowest BCUT2D eigenvalue weighted by molar-refractivity contribution is -0.111. The van der Waals surface area contributed by atoms with Gasteiger partial charge in [-0.1, -0.05) is 53.3 Å². The van der Waals surface area contributed by atoms with E-state index < -0.39 is 0 Å². The van der Waals surface area contributed by atoms with Crippen LogP contribution in [0, 0.1) is 0 Å². The highest BCUT2D eigenvalue weighted by Crippen LogP contribution is 2.29. The Morgan fingerprint density at radius 2 is 1.86 bits per heavy atom. The fourth-order valence-electron chi connectivity index (χ4n) is 3.45. The summed E-state index contributed by atoms with van der Waals surface area (Å²) < 4.78 is 7.99. The number of anilines is 1. The molecule has 0 aliphatic heterocycles. The third-order valence-electron chi connectivity index (χ3n) is 5.12. The van der Waals surface area contributed by atoms with Gasteiger partial charge in [-0.05, 0) is 48.5 Å². The summed E-state index contributed by atoms with van der Waals surface area (Å²) in [5, 5.41) is 8.77. The van der Waals surface area contributed by atoms with Gasteiger partial charge >= 0.3 is 0 Å². The molecule has 6 nitrogen and oxygen atoms in total. The van der Waals surface area contributed by atoms with Gasteiger partial charge in [-0.25, -0.2) is 9.67 Å². The second-order valence-corrected chi connectivity index (χ2v) is 8.86. The molecule has 0 fully saturated rings. The Morgan fingerprint density at radius 1 is 1.09 bits per heavy atom. The third kappa shape index (κ3) is 5.54. The standard InChI is InChI=1S/C26H19ClN4O2S.ClH/c1-33-21-12-13-22-23(15-21)34-26(28-22)29-24(32)14-9-18-16-31(20-5-3-2-4-6-20)30-25(18)17-7-10-19(27)11-8-17;/h2-16H,1H3,(H,28,29,32);1H. The summed E-state index contributed by atoms with van der Waals surface area (Å²) in [4.78, 5) is 17.1. The molecule has 35 heavy (non-hydrogen) atoms. The molecule has 3 aromatic carbocycles. The number of methoxy groups -OCH3 is 1. The summed E-state index contributed by atoms with van der Waals surface area (Å²) in [6.07, 6.45) is 5.13. The topological polar surface area (TPSA) is 69.0 Å². The van der Waals surface area contributed by atoms with Crippen LogP contribution < -0.4 is 10.1 Å². The number of thiazole rings is 1. The van der Waals surface area contributed by atoms with E-state index in [0.717, 1.165) is 38.5 Å². The zero-order valence-corrected chi connectivity index (χ0v) is 20.9. The van der Waals surface area contributed by atoms with Crippen LogP contribution in [-0.2, 0) is 4.79 Å². The van der Waals surface area contributed by atoms with Crippen LogP contribution in [-0.4, -0.2) is 27.8 Å². The summed E-state index contributed by atoms with van der Waals surface area (Å²) in [5.41, 5.74) is 4.18. The molecule has 1 amide bonds. The smallest absolute Gasteiger partial charge is 0.250 e. The second kappa shape index (κ2) is 10.7. The predicted molar refractivity (Wildman–Crippen MR) is 145 cm³/mol. The molecule has 2 heterocycles.